The van der Waals surface area contributed by atoms with Crippen LogP contribution in [0.4, 0.5) is 0 Å². The van der Waals surface area contributed by atoms with E-state index in [4.69, 9.17) is 21.6 Å². The van der Waals surface area contributed by atoms with Crippen LogP contribution in [0.15, 0.2) is 18.2 Å². The van der Waals surface area contributed by atoms with Crippen LogP contribution in [0.5, 0.6) is 5.75 Å². The van der Waals surface area contributed by atoms with Crippen molar-refractivity contribution in [3.63, 3.8) is 0 Å². The second-order valence-corrected chi connectivity index (χ2v) is 5.55. The molecule has 0 heterocycles. The second kappa shape index (κ2) is 8.29. The van der Waals surface area contributed by atoms with Crippen molar-refractivity contribution >= 4 is 23.4 Å². The molecule has 1 rings (SSSR count). The first-order valence-corrected chi connectivity index (χ1v) is 7.45. The molecule has 0 aliphatic rings. The third kappa shape index (κ3) is 5.20. The molecule has 0 spiro atoms. The molecule has 1 aromatic rings. The van der Waals surface area contributed by atoms with Gasteiger partial charge >= 0.3 is 0 Å². The van der Waals surface area contributed by atoms with E-state index in [1.807, 2.05) is 18.2 Å². The Morgan fingerprint density at radius 1 is 1.50 bits per heavy atom. The number of benzene rings is 1. The summed E-state index contributed by atoms with van der Waals surface area (Å²) in [5.41, 5.74) is 1.13. The molecule has 1 unspecified atom stereocenters. The fraction of sp³-hybridized carbons (Fsp3) is 0.500. The number of nitriles is 1. The maximum atomic E-state index is 8.56. The van der Waals surface area contributed by atoms with Gasteiger partial charge in [-0.15, -0.1) is 0 Å². The highest BCUT2D eigenvalue weighted by Gasteiger charge is 2.10. The van der Waals surface area contributed by atoms with Crippen molar-refractivity contribution in [2.45, 2.75) is 26.7 Å². The molecule has 0 N–H and O–H groups in total. The van der Waals surface area contributed by atoms with Gasteiger partial charge in [0.05, 0.1) is 6.61 Å². The van der Waals surface area contributed by atoms with Crippen molar-refractivity contribution in [1.82, 2.24) is 0 Å². The maximum absolute atomic E-state index is 8.56. The summed E-state index contributed by atoms with van der Waals surface area (Å²) in [5.74, 6) is 2.17. The average Bonchev–Trinajstić information content (AvgIpc) is 2.35. The van der Waals surface area contributed by atoms with E-state index in [-0.39, 0.29) is 0 Å². The highest BCUT2D eigenvalue weighted by molar-refractivity contribution is 8.03. The minimum absolute atomic E-state index is 0.428. The Hall–Kier alpha value is -0.850. The van der Waals surface area contributed by atoms with E-state index in [0.29, 0.717) is 5.92 Å². The van der Waals surface area contributed by atoms with Gasteiger partial charge in [-0.05, 0) is 54.3 Å². The van der Waals surface area contributed by atoms with Crippen molar-refractivity contribution in [2.24, 2.45) is 5.92 Å². The number of hydrogen-bond donors (Lipinski definition) is 0. The summed E-state index contributed by atoms with van der Waals surface area (Å²) in [5, 5.41) is 11.4. The number of nitrogens with zero attached hydrogens (tertiary/aromatic N) is 1. The van der Waals surface area contributed by atoms with Crippen LogP contribution in [0, 0.1) is 16.6 Å². The number of thioether (sulfide) groups is 1. The monoisotopic (exact) mass is 283 g/mol. The molecule has 0 aliphatic heterocycles. The summed E-state index contributed by atoms with van der Waals surface area (Å²) in [6.07, 6.45) is 1.87. The first kappa shape index (κ1) is 15.2. The van der Waals surface area contributed by atoms with Crippen LogP contribution in [-0.2, 0) is 6.42 Å². The topological polar surface area (TPSA) is 33.0 Å². The predicted molar refractivity (Wildman–Crippen MR) is 78.2 cm³/mol. The number of rotatable bonds is 7. The smallest absolute Gasteiger partial charge is 0.133 e. The Bertz CT molecular complexity index is 417. The van der Waals surface area contributed by atoms with Crippen molar-refractivity contribution in [3.05, 3.63) is 28.8 Å². The molecule has 4 heteroatoms. The third-order valence-corrected chi connectivity index (χ3v) is 3.58. The largest absolute Gasteiger partial charge is 0.493 e. The van der Waals surface area contributed by atoms with Gasteiger partial charge in [-0.3, -0.25) is 0 Å². The highest BCUT2D eigenvalue weighted by Crippen LogP contribution is 2.26. The van der Waals surface area contributed by atoms with Gasteiger partial charge in [0.25, 0.3) is 0 Å². The minimum Gasteiger partial charge on any atom is -0.493 e. The lowest BCUT2D eigenvalue weighted by Crippen LogP contribution is -2.05. The molecule has 18 heavy (non-hydrogen) atoms. The summed E-state index contributed by atoms with van der Waals surface area (Å²) in [4.78, 5) is 0. The molecule has 0 saturated carbocycles. The van der Waals surface area contributed by atoms with Gasteiger partial charge in [-0.25, -0.2) is 0 Å². The maximum Gasteiger partial charge on any atom is 0.133 e. The van der Waals surface area contributed by atoms with Crippen LogP contribution in [0.3, 0.4) is 0 Å². The lowest BCUT2D eigenvalue weighted by molar-refractivity contribution is 0.313. The quantitative estimate of drug-likeness (QED) is 0.690. The Morgan fingerprint density at radius 3 is 2.94 bits per heavy atom. The fourth-order valence-electron chi connectivity index (χ4n) is 1.67. The molecule has 0 aliphatic carbocycles. The Balaban J connectivity index is 2.72. The van der Waals surface area contributed by atoms with Crippen LogP contribution >= 0.6 is 23.4 Å². The van der Waals surface area contributed by atoms with Crippen LogP contribution in [0.2, 0.25) is 5.02 Å². The zero-order valence-corrected chi connectivity index (χ0v) is 12.4. The minimum atomic E-state index is 0.428. The van der Waals surface area contributed by atoms with Crippen molar-refractivity contribution in [3.8, 4) is 11.2 Å². The van der Waals surface area contributed by atoms with E-state index in [2.05, 4.69) is 19.2 Å². The van der Waals surface area contributed by atoms with Crippen molar-refractivity contribution in [2.75, 3.05) is 12.4 Å². The molecular formula is C14H18ClNOS. The number of ether oxygens (including phenoxy) is 1. The summed E-state index contributed by atoms with van der Waals surface area (Å²) < 4.78 is 5.72. The molecule has 0 aromatic heterocycles. The number of hydrogen-bond acceptors (Lipinski definition) is 3. The standard InChI is InChI=1S/C14H18ClNOS/c1-3-6-17-14-5-4-13(15)8-12(14)7-11(2)9-18-10-16/h4-5,8,11H,3,6-7,9H2,1-2H3. The van der Waals surface area contributed by atoms with E-state index >= 15 is 0 Å². The molecule has 98 valence electrons. The van der Waals surface area contributed by atoms with Crippen LogP contribution < -0.4 is 4.74 Å². The third-order valence-electron chi connectivity index (χ3n) is 2.48. The van der Waals surface area contributed by atoms with Crippen LogP contribution in [0.25, 0.3) is 0 Å². The van der Waals surface area contributed by atoms with Gasteiger partial charge in [0.1, 0.15) is 11.2 Å². The molecule has 2 nitrogen and oxygen atoms in total. The highest BCUT2D eigenvalue weighted by atomic mass is 35.5. The van der Waals surface area contributed by atoms with Crippen LogP contribution in [0.1, 0.15) is 25.8 Å². The van der Waals surface area contributed by atoms with Gasteiger partial charge in [0.2, 0.25) is 0 Å². The van der Waals surface area contributed by atoms with Gasteiger partial charge in [0, 0.05) is 10.8 Å². The van der Waals surface area contributed by atoms with Crippen molar-refractivity contribution in [1.29, 1.82) is 5.26 Å². The lowest BCUT2D eigenvalue weighted by atomic mass is 10.0. The summed E-state index contributed by atoms with van der Waals surface area (Å²) >= 11 is 7.32. The average molecular weight is 284 g/mol. The van der Waals surface area contributed by atoms with E-state index in [9.17, 15) is 0 Å². The Labute approximate surface area is 118 Å². The second-order valence-electron chi connectivity index (χ2n) is 4.31. The van der Waals surface area contributed by atoms with Crippen molar-refractivity contribution < 1.29 is 4.74 Å². The molecule has 0 saturated heterocycles. The molecular weight excluding hydrogens is 266 g/mol. The molecule has 1 aromatic carbocycles. The van der Waals surface area contributed by atoms with Gasteiger partial charge in [-0.2, -0.15) is 5.26 Å². The fourth-order valence-corrected chi connectivity index (χ4v) is 2.35. The summed E-state index contributed by atoms with van der Waals surface area (Å²) in [6.45, 7) is 4.94. The first-order chi connectivity index (χ1) is 8.67. The first-order valence-electron chi connectivity index (χ1n) is 6.09. The van der Waals surface area contributed by atoms with E-state index in [1.165, 1.54) is 11.8 Å². The number of thiocyanates is 1. The lowest BCUT2D eigenvalue weighted by Gasteiger charge is -2.14. The zero-order chi connectivity index (χ0) is 13.4. The van der Waals surface area contributed by atoms with Crippen LogP contribution in [-0.4, -0.2) is 12.4 Å². The van der Waals surface area contributed by atoms with Gasteiger partial charge < -0.3 is 4.74 Å². The summed E-state index contributed by atoms with van der Waals surface area (Å²) in [6, 6.07) is 5.74. The Kier molecular flexibility index (Phi) is 7.00. The number of halogens is 1. The van der Waals surface area contributed by atoms with E-state index < -0.39 is 0 Å². The molecule has 1 atom stereocenters. The molecule has 0 radical (unpaired) electrons. The summed E-state index contributed by atoms with van der Waals surface area (Å²) in [7, 11) is 0. The molecule has 0 bridgehead atoms. The SMILES string of the molecule is CCCOc1ccc(Cl)cc1CC(C)CSC#N. The molecule has 0 fully saturated rings. The molecule has 0 amide bonds. The zero-order valence-electron chi connectivity index (χ0n) is 10.8. The normalized spacial score (nSPS) is 11.9. The van der Waals surface area contributed by atoms with Gasteiger partial charge in [0.15, 0.2) is 0 Å². The van der Waals surface area contributed by atoms with E-state index in [0.717, 1.165) is 41.5 Å². The predicted octanol–water partition coefficient (Wildman–Crippen LogP) is 4.52. The van der Waals surface area contributed by atoms with E-state index in [1.54, 1.807) is 0 Å². The Morgan fingerprint density at radius 2 is 2.28 bits per heavy atom. The van der Waals surface area contributed by atoms with Gasteiger partial charge in [-0.1, -0.05) is 25.4 Å².